The monoisotopic (exact) mass is 442 g/mol. The zero-order valence-corrected chi connectivity index (χ0v) is 19.3. The molecule has 0 unspecified atom stereocenters. The summed E-state index contributed by atoms with van der Waals surface area (Å²) in [7, 11) is 2.10. The molecule has 2 aromatic rings. The molecule has 2 N–H and O–H groups in total. The maximum Gasteiger partial charge on any atom is 0.170 e. The van der Waals surface area contributed by atoms with Crippen molar-refractivity contribution in [2.45, 2.75) is 38.4 Å². The van der Waals surface area contributed by atoms with E-state index in [4.69, 9.17) is 23.8 Å². The lowest BCUT2D eigenvalue weighted by molar-refractivity contribution is 0.223. The number of benzene rings is 1. The van der Waals surface area contributed by atoms with Crippen LogP contribution in [0.5, 0.6) is 0 Å². The molecule has 0 saturated carbocycles. The predicted octanol–water partition coefficient (Wildman–Crippen LogP) is 4.33. The highest BCUT2D eigenvalue weighted by Crippen LogP contribution is 2.46. The van der Waals surface area contributed by atoms with Crippen molar-refractivity contribution in [3.63, 3.8) is 0 Å². The Bertz CT molecular complexity index is 1010. The van der Waals surface area contributed by atoms with Gasteiger partial charge in [0.1, 0.15) is 0 Å². The first-order valence-corrected chi connectivity index (χ1v) is 10.9. The Kier molecular flexibility index (Phi) is 5.51. The second-order valence-corrected chi connectivity index (χ2v) is 9.27. The summed E-state index contributed by atoms with van der Waals surface area (Å²) < 4.78 is 0. The van der Waals surface area contributed by atoms with Gasteiger partial charge in [-0.1, -0.05) is 23.7 Å². The number of allylic oxidation sites excluding steroid dienone is 1. The summed E-state index contributed by atoms with van der Waals surface area (Å²) >= 11 is 12.5. The molecule has 4 rings (SSSR count). The number of β-amino-alcohol motifs (C(OH)–C–C–N with tert-alkyl or cyclic N) is 1. The van der Waals surface area contributed by atoms with E-state index in [1.54, 1.807) is 6.20 Å². The lowest BCUT2D eigenvalue weighted by atomic mass is 9.86. The van der Waals surface area contributed by atoms with Crippen LogP contribution >= 0.6 is 23.8 Å². The predicted molar refractivity (Wildman–Crippen MR) is 127 cm³/mol. The summed E-state index contributed by atoms with van der Waals surface area (Å²) in [5, 5.41) is 14.3. The van der Waals surface area contributed by atoms with E-state index < -0.39 is 0 Å². The van der Waals surface area contributed by atoms with E-state index in [9.17, 15) is 5.11 Å². The summed E-state index contributed by atoms with van der Waals surface area (Å²) in [5.74, 6) is 0. The van der Waals surface area contributed by atoms with Gasteiger partial charge in [0, 0.05) is 36.1 Å². The van der Waals surface area contributed by atoms with E-state index in [0.717, 1.165) is 22.5 Å². The molecule has 158 valence electrons. The van der Waals surface area contributed by atoms with Gasteiger partial charge < -0.3 is 20.2 Å². The molecule has 0 spiro atoms. The molecule has 0 bridgehead atoms. The van der Waals surface area contributed by atoms with Crippen LogP contribution in [0.4, 0.5) is 5.69 Å². The topological polar surface area (TPSA) is 51.6 Å². The fraction of sp³-hybridized carbons (Fsp3) is 0.391. The number of hydrogen-bond donors (Lipinski definition) is 2. The number of aliphatic hydroxyl groups is 1. The fourth-order valence-corrected chi connectivity index (χ4v) is 5.11. The van der Waals surface area contributed by atoms with Gasteiger partial charge in [-0.3, -0.25) is 4.98 Å². The van der Waals surface area contributed by atoms with Gasteiger partial charge in [0.2, 0.25) is 0 Å². The Labute approximate surface area is 188 Å². The number of pyridine rings is 1. The molecule has 2 aliphatic heterocycles. The average Bonchev–Trinajstić information content (AvgIpc) is 3.03. The van der Waals surface area contributed by atoms with Crippen molar-refractivity contribution in [1.82, 2.24) is 15.2 Å². The minimum Gasteiger partial charge on any atom is -0.395 e. The van der Waals surface area contributed by atoms with Gasteiger partial charge in [-0.15, -0.1) is 0 Å². The van der Waals surface area contributed by atoms with Crippen LogP contribution in [0.15, 0.2) is 42.6 Å². The minimum atomic E-state index is -0.162. The summed E-state index contributed by atoms with van der Waals surface area (Å²) in [6.07, 6.45) is 4.07. The van der Waals surface area contributed by atoms with Gasteiger partial charge >= 0.3 is 0 Å². The van der Waals surface area contributed by atoms with Crippen LogP contribution < -0.4 is 10.2 Å². The zero-order chi connectivity index (χ0) is 21.6. The van der Waals surface area contributed by atoms with Crippen LogP contribution in [-0.4, -0.2) is 45.8 Å². The van der Waals surface area contributed by atoms with Crippen molar-refractivity contribution < 1.29 is 5.11 Å². The molecule has 0 radical (unpaired) electrons. The standard InChI is InChI=1S/C23H27ClN4OS/c1-14-13-23(2,3)27(4)19-12-17(24)16(11-15(14)19)21-20(18-7-5-6-8-25-18)26-22(30)28(21)9-10-29/h5-8,11-13,20-21,29H,9-10H2,1-4H3,(H,26,30)/t20-,21+/m1/s1. The van der Waals surface area contributed by atoms with Crippen LogP contribution in [-0.2, 0) is 0 Å². The molecule has 1 saturated heterocycles. The molecule has 30 heavy (non-hydrogen) atoms. The van der Waals surface area contributed by atoms with E-state index in [-0.39, 0.29) is 24.2 Å². The molecular weight excluding hydrogens is 416 g/mol. The van der Waals surface area contributed by atoms with Crippen LogP contribution in [0.25, 0.3) is 5.57 Å². The largest absolute Gasteiger partial charge is 0.395 e. The number of nitrogens with one attached hydrogen (secondary N) is 1. The van der Waals surface area contributed by atoms with Crippen molar-refractivity contribution in [3.05, 3.63) is 64.4 Å². The van der Waals surface area contributed by atoms with Crippen LogP contribution in [0.1, 0.15) is 49.7 Å². The van der Waals surface area contributed by atoms with Gasteiger partial charge in [0.25, 0.3) is 0 Å². The first-order valence-electron chi connectivity index (χ1n) is 10.1. The number of thiocarbonyl (C=S) groups is 1. The zero-order valence-electron chi connectivity index (χ0n) is 17.7. The number of likely N-dealkylation sites (N-methyl/N-ethyl adjacent to an activating group) is 1. The Balaban J connectivity index is 1.86. The van der Waals surface area contributed by atoms with Crippen LogP contribution in [0.3, 0.4) is 0 Å². The summed E-state index contributed by atoms with van der Waals surface area (Å²) in [6, 6.07) is 9.78. The Morgan fingerprint density at radius 3 is 2.73 bits per heavy atom. The van der Waals surface area contributed by atoms with Crippen molar-refractivity contribution >= 4 is 40.2 Å². The highest BCUT2D eigenvalue weighted by molar-refractivity contribution is 7.80. The SMILES string of the molecule is CC1=CC(C)(C)N(C)c2cc(Cl)c([C@H]3[C@@H](c4ccccn4)NC(=S)N3CCO)cc21. The maximum absolute atomic E-state index is 9.67. The molecule has 2 aliphatic rings. The van der Waals surface area contributed by atoms with Gasteiger partial charge in [-0.25, -0.2) is 0 Å². The Hall–Kier alpha value is -2.15. The van der Waals surface area contributed by atoms with E-state index in [0.29, 0.717) is 16.7 Å². The lowest BCUT2D eigenvalue weighted by Gasteiger charge is -2.41. The highest BCUT2D eigenvalue weighted by Gasteiger charge is 2.41. The van der Waals surface area contributed by atoms with E-state index >= 15 is 0 Å². The van der Waals surface area contributed by atoms with E-state index in [1.807, 2.05) is 23.1 Å². The molecule has 0 amide bonds. The lowest BCUT2D eigenvalue weighted by Crippen LogP contribution is -2.42. The number of halogens is 1. The van der Waals surface area contributed by atoms with Crippen LogP contribution in [0.2, 0.25) is 5.02 Å². The second kappa shape index (κ2) is 7.84. The summed E-state index contributed by atoms with van der Waals surface area (Å²) in [6.45, 7) is 6.96. The van der Waals surface area contributed by atoms with Gasteiger partial charge in [-0.05, 0) is 68.4 Å². The van der Waals surface area contributed by atoms with Gasteiger partial charge in [-0.2, -0.15) is 0 Å². The molecule has 1 fully saturated rings. The third-order valence-corrected chi connectivity index (χ3v) is 6.87. The highest BCUT2D eigenvalue weighted by atomic mass is 35.5. The van der Waals surface area contributed by atoms with E-state index in [1.165, 1.54) is 5.57 Å². The van der Waals surface area contributed by atoms with E-state index in [2.05, 4.69) is 61.2 Å². The molecule has 1 aromatic carbocycles. The molecule has 7 heteroatoms. The first-order chi connectivity index (χ1) is 14.2. The van der Waals surface area contributed by atoms with Crippen molar-refractivity contribution in [1.29, 1.82) is 0 Å². The van der Waals surface area contributed by atoms with Gasteiger partial charge in [0.15, 0.2) is 5.11 Å². The summed E-state index contributed by atoms with van der Waals surface area (Å²) in [4.78, 5) is 8.82. The number of rotatable bonds is 4. The number of fused-ring (bicyclic) bond motifs is 1. The average molecular weight is 443 g/mol. The van der Waals surface area contributed by atoms with Gasteiger partial charge in [0.05, 0.1) is 29.9 Å². The maximum atomic E-state index is 9.67. The minimum absolute atomic E-state index is 0.00563. The van der Waals surface area contributed by atoms with Crippen LogP contribution in [0, 0.1) is 0 Å². The van der Waals surface area contributed by atoms with Crippen molar-refractivity contribution in [3.8, 4) is 0 Å². The summed E-state index contributed by atoms with van der Waals surface area (Å²) in [5.41, 5.74) is 5.29. The molecule has 5 nitrogen and oxygen atoms in total. The smallest absolute Gasteiger partial charge is 0.170 e. The number of anilines is 1. The molecule has 1 aromatic heterocycles. The normalized spacial score (nSPS) is 22.6. The third-order valence-electron chi connectivity index (χ3n) is 6.19. The molecule has 2 atom stereocenters. The molecule has 3 heterocycles. The van der Waals surface area contributed by atoms with Crippen molar-refractivity contribution in [2.24, 2.45) is 0 Å². The number of hydrogen-bond acceptors (Lipinski definition) is 4. The molecule has 0 aliphatic carbocycles. The Morgan fingerprint density at radius 1 is 1.30 bits per heavy atom. The fourth-order valence-electron chi connectivity index (χ4n) is 4.51. The molecular formula is C23H27ClN4OS. The quantitative estimate of drug-likeness (QED) is 0.687. The Morgan fingerprint density at radius 2 is 2.07 bits per heavy atom. The first kappa shape index (κ1) is 21.1. The third kappa shape index (κ3) is 3.47. The number of aromatic nitrogens is 1. The second-order valence-electron chi connectivity index (χ2n) is 8.47. The van der Waals surface area contributed by atoms with Crippen molar-refractivity contribution in [2.75, 3.05) is 25.1 Å². The number of aliphatic hydroxyl groups excluding tert-OH is 1. The number of nitrogens with zero attached hydrogens (tertiary/aromatic N) is 3.